The Labute approximate surface area is 131 Å². The first-order valence-corrected chi connectivity index (χ1v) is 8.45. The minimum absolute atomic E-state index is 0.0823. The van der Waals surface area contributed by atoms with E-state index in [4.69, 9.17) is 16.6 Å². The maximum Gasteiger partial charge on any atom is 0.160 e. The molecule has 0 bridgehead atoms. The van der Waals surface area contributed by atoms with Gasteiger partial charge in [-0.3, -0.25) is 0 Å². The molecule has 1 unspecified atom stereocenters. The van der Waals surface area contributed by atoms with Gasteiger partial charge >= 0.3 is 0 Å². The Morgan fingerprint density at radius 3 is 2.71 bits per heavy atom. The van der Waals surface area contributed by atoms with Gasteiger partial charge in [-0.1, -0.05) is 19.8 Å². The first-order valence-electron chi connectivity index (χ1n) is 8.02. The fourth-order valence-corrected chi connectivity index (χ4v) is 3.58. The van der Waals surface area contributed by atoms with Gasteiger partial charge in [0.05, 0.1) is 5.38 Å². The number of halogens is 1. The van der Waals surface area contributed by atoms with Gasteiger partial charge in [-0.05, 0) is 50.2 Å². The van der Waals surface area contributed by atoms with Gasteiger partial charge in [0.15, 0.2) is 5.65 Å². The maximum atomic E-state index is 6.36. The average Bonchev–Trinajstić information content (AvgIpc) is 2.82. The minimum Gasteiger partial charge on any atom is -0.311 e. The smallest absolute Gasteiger partial charge is 0.160 e. The molecular weight excluding hydrogens is 282 g/mol. The number of aryl methyl sites for hydroxylation is 1. The van der Waals surface area contributed by atoms with Crippen LogP contribution in [0.5, 0.6) is 0 Å². The van der Waals surface area contributed by atoms with Crippen LogP contribution in [-0.4, -0.2) is 14.5 Å². The molecule has 2 heterocycles. The summed E-state index contributed by atoms with van der Waals surface area (Å²) >= 11 is 6.36. The molecule has 0 saturated heterocycles. The van der Waals surface area contributed by atoms with Gasteiger partial charge < -0.3 is 4.57 Å². The molecule has 21 heavy (non-hydrogen) atoms. The van der Waals surface area contributed by atoms with E-state index in [2.05, 4.69) is 23.4 Å². The highest BCUT2D eigenvalue weighted by Crippen LogP contribution is 2.32. The standard InChI is InChI=1S/C17H24ClN3/c1-11-4-6-14(7-5-11)10-21-16(13(3)18)20-15-12(2)8-9-19-17(15)21/h8-9,11,13-14H,4-7,10H2,1-3H3. The highest BCUT2D eigenvalue weighted by atomic mass is 35.5. The van der Waals surface area contributed by atoms with E-state index in [0.29, 0.717) is 0 Å². The number of imidazole rings is 1. The van der Waals surface area contributed by atoms with Crippen molar-refractivity contribution in [2.24, 2.45) is 11.8 Å². The number of alkyl halides is 1. The predicted octanol–water partition coefficient (Wildman–Crippen LogP) is 4.87. The molecule has 2 aromatic heterocycles. The lowest BCUT2D eigenvalue weighted by molar-refractivity contribution is 0.264. The fraction of sp³-hybridized carbons (Fsp3) is 0.647. The number of fused-ring (bicyclic) bond motifs is 1. The number of hydrogen-bond donors (Lipinski definition) is 0. The van der Waals surface area contributed by atoms with Gasteiger partial charge in [-0.15, -0.1) is 11.6 Å². The second kappa shape index (κ2) is 5.96. The monoisotopic (exact) mass is 305 g/mol. The molecule has 1 fully saturated rings. The Morgan fingerprint density at radius 1 is 1.33 bits per heavy atom. The molecule has 1 atom stereocenters. The van der Waals surface area contributed by atoms with Crippen molar-refractivity contribution in [3.05, 3.63) is 23.7 Å². The lowest BCUT2D eigenvalue weighted by atomic mass is 9.83. The first kappa shape index (κ1) is 14.8. The van der Waals surface area contributed by atoms with Crippen LogP contribution in [0.25, 0.3) is 11.2 Å². The van der Waals surface area contributed by atoms with Gasteiger partial charge in [-0.25, -0.2) is 9.97 Å². The van der Waals surface area contributed by atoms with Crippen molar-refractivity contribution in [2.75, 3.05) is 0 Å². The Morgan fingerprint density at radius 2 is 2.05 bits per heavy atom. The molecule has 0 aromatic carbocycles. The van der Waals surface area contributed by atoms with Gasteiger partial charge in [0.1, 0.15) is 11.3 Å². The van der Waals surface area contributed by atoms with E-state index in [-0.39, 0.29) is 5.38 Å². The van der Waals surface area contributed by atoms with Gasteiger partial charge in [0.2, 0.25) is 0 Å². The molecular formula is C17H24ClN3. The quantitative estimate of drug-likeness (QED) is 0.758. The third kappa shape index (κ3) is 2.94. The van der Waals surface area contributed by atoms with Crippen LogP contribution in [0.15, 0.2) is 12.3 Å². The van der Waals surface area contributed by atoms with E-state index < -0.39 is 0 Å². The fourth-order valence-electron chi connectivity index (χ4n) is 3.41. The summed E-state index contributed by atoms with van der Waals surface area (Å²) in [6.45, 7) is 7.45. The van der Waals surface area contributed by atoms with E-state index >= 15 is 0 Å². The van der Waals surface area contributed by atoms with E-state index in [9.17, 15) is 0 Å². The molecule has 3 rings (SSSR count). The lowest BCUT2D eigenvalue weighted by Crippen LogP contribution is -2.19. The highest BCUT2D eigenvalue weighted by Gasteiger charge is 2.23. The van der Waals surface area contributed by atoms with Crippen LogP contribution in [0.4, 0.5) is 0 Å². The van der Waals surface area contributed by atoms with E-state index in [1.54, 1.807) is 0 Å². The summed E-state index contributed by atoms with van der Waals surface area (Å²) < 4.78 is 2.26. The van der Waals surface area contributed by atoms with E-state index in [1.807, 2.05) is 19.2 Å². The molecule has 0 amide bonds. The first-order chi connectivity index (χ1) is 10.1. The molecule has 114 valence electrons. The minimum atomic E-state index is -0.0823. The molecule has 1 aliphatic rings. The largest absolute Gasteiger partial charge is 0.311 e. The zero-order chi connectivity index (χ0) is 15.0. The van der Waals surface area contributed by atoms with Crippen molar-refractivity contribution >= 4 is 22.8 Å². The molecule has 0 aliphatic heterocycles. The van der Waals surface area contributed by atoms with Gasteiger partial charge in [0.25, 0.3) is 0 Å². The number of pyridine rings is 1. The van der Waals surface area contributed by atoms with Crippen LogP contribution in [0, 0.1) is 18.8 Å². The summed E-state index contributed by atoms with van der Waals surface area (Å²) in [4.78, 5) is 9.33. The molecule has 1 saturated carbocycles. The summed E-state index contributed by atoms with van der Waals surface area (Å²) in [7, 11) is 0. The molecule has 0 spiro atoms. The van der Waals surface area contributed by atoms with Crippen molar-refractivity contribution in [3.63, 3.8) is 0 Å². The summed E-state index contributed by atoms with van der Waals surface area (Å²) in [5, 5.41) is -0.0823. The summed E-state index contributed by atoms with van der Waals surface area (Å²) in [5.74, 6) is 2.58. The number of rotatable bonds is 3. The molecule has 1 aliphatic carbocycles. The summed E-state index contributed by atoms with van der Waals surface area (Å²) in [5.41, 5.74) is 3.18. The van der Waals surface area contributed by atoms with Crippen molar-refractivity contribution < 1.29 is 0 Å². The van der Waals surface area contributed by atoms with Gasteiger partial charge in [-0.2, -0.15) is 0 Å². The molecule has 4 heteroatoms. The van der Waals surface area contributed by atoms with Crippen LogP contribution >= 0.6 is 11.6 Å². The number of nitrogens with zero attached hydrogens (tertiary/aromatic N) is 3. The third-order valence-electron chi connectivity index (χ3n) is 4.80. The number of hydrogen-bond acceptors (Lipinski definition) is 2. The van der Waals surface area contributed by atoms with Crippen LogP contribution in [0.1, 0.15) is 56.3 Å². The SMILES string of the molecule is Cc1ccnc2c1nc(C(C)Cl)n2CC1CCC(C)CC1. The average molecular weight is 306 g/mol. The highest BCUT2D eigenvalue weighted by molar-refractivity contribution is 6.20. The molecule has 0 radical (unpaired) electrons. The van der Waals surface area contributed by atoms with Crippen molar-refractivity contribution in [3.8, 4) is 0 Å². The van der Waals surface area contributed by atoms with Crippen LogP contribution in [-0.2, 0) is 6.54 Å². The Bertz CT molecular complexity index is 624. The lowest BCUT2D eigenvalue weighted by Gasteiger charge is -2.27. The number of aromatic nitrogens is 3. The summed E-state index contributed by atoms with van der Waals surface area (Å²) in [6, 6.07) is 2.02. The molecule has 3 nitrogen and oxygen atoms in total. The third-order valence-corrected chi connectivity index (χ3v) is 4.99. The van der Waals surface area contributed by atoms with Crippen molar-refractivity contribution in [2.45, 2.75) is 58.4 Å². The van der Waals surface area contributed by atoms with Crippen molar-refractivity contribution in [1.29, 1.82) is 0 Å². The second-order valence-electron chi connectivity index (χ2n) is 6.62. The van der Waals surface area contributed by atoms with Gasteiger partial charge in [0, 0.05) is 12.7 Å². The second-order valence-corrected chi connectivity index (χ2v) is 7.28. The zero-order valence-electron chi connectivity index (χ0n) is 13.1. The van der Waals surface area contributed by atoms with Crippen LogP contribution < -0.4 is 0 Å². The molecule has 0 N–H and O–H groups in total. The Balaban J connectivity index is 1.96. The zero-order valence-corrected chi connectivity index (χ0v) is 13.9. The molecule has 2 aromatic rings. The Kier molecular flexibility index (Phi) is 4.21. The maximum absolute atomic E-state index is 6.36. The van der Waals surface area contributed by atoms with Crippen LogP contribution in [0.3, 0.4) is 0 Å². The van der Waals surface area contributed by atoms with Crippen molar-refractivity contribution in [1.82, 2.24) is 14.5 Å². The predicted molar refractivity (Wildman–Crippen MR) is 87.7 cm³/mol. The topological polar surface area (TPSA) is 30.7 Å². The van der Waals surface area contributed by atoms with E-state index in [1.165, 1.54) is 31.2 Å². The summed E-state index contributed by atoms with van der Waals surface area (Å²) in [6.07, 6.45) is 7.18. The van der Waals surface area contributed by atoms with Crippen LogP contribution in [0.2, 0.25) is 0 Å². The normalized spacial score (nSPS) is 24.4. The van der Waals surface area contributed by atoms with E-state index in [0.717, 1.165) is 35.4 Å². The Hall–Kier alpha value is -1.09.